The fourth-order valence-corrected chi connectivity index (χ4v) is 1.96. The Morgan fingerprint density at radius 3 is 1.94 bits per heavy atom. The molecule has 0 N–H and O–H groups in total. The zero-order valence-electron chi connectivity index (χ0n) is 7.95. The summed E-state index contributed by atoms with van der Waals surface area (Å²) < 4.78 is 57.1. The van der Waals surface area contributed by atoms with Gasteiger partial charge in [-0.2, -0.15) is 0 Å². The van der Waals surface area contributed by atoms with Gasteiger partial charge in [0, 0.05) is 6.08 Å². The Kier molecular flexibility index (Phi) is 4.35. The molecule has 0 spiro atoms. The number of carbonyl (C=O) groups is 1. The summed E-state index contributed by atoms with van der Waals surface area (Å²) in [6, 6.07) is 0. The van der Waals surface area contributed by atoms with E-state index in [1.54, 1.807) is 0 Å². The Bertz CT molecular complexity index is 273. The first-order valence-corrected chi connectivity index (χ1v) is 5.35. The Balaban J connectivity index is 2.82. The van der Waals surface area contributed by atoms with E-state index in [1.165, 1.54) is 0 Å². The van der Waals surface area contributed by atoms with Crippen LogP contribution >= 0.6 is 15.9 Å². The van der Waals surface area contributed by atoms with Crippen LogP contribution in [0.25, 0.3) is 0 Å². The van der Waals surface area contributed by atoms with Crippen LogP contribution in [0.2, 0.25) is 0 Å². The molecule has 0 aromatic heterocycles. The molecule has 0 heterocycles. The molecule has 0 bridgehead atoms. The van der Waals surface area contributed by atoms with Gasteiger partial charge in [0.05, 0.1) is 4.83 Å². The minimum absolute atomic E-state index is 0.667. The van der Waals surface area contributed by atoms with Crippen LogP contribution in [-0.2, 0) is 9.53 Å². The van der Waals surface area contributed by atoms with Crippen molar-refractivity contribution in [2.75, 3.05) is 0 Å². The Labute approximate surface area is 97.8 Å². The van der Waals surface area contributed by atoms with Gasteiger partial charge >= 0.3 is 5.97 Å². The van der Waals surface area contributed by atoms with Gasteiger partial charge in [-0.1, -0.05) is 22.5 Å². The van der Waals surface area contributed by atoms with Gasteiger partial charge in [-0.05, 0) is 0 Å². The third-order valence-electron chi connectivity index (χ3n) is 2.26. The lowest BCUT2D eigenvalue weighted by atomic mass is 9.90. The highest BCUT2D eigenvalue weighted by molar-refractivity contribution is 9.09. The van der Waals surface area contributed by atoms with E-state index in [0.29, 0.717) is 6.08 Å². The van der Waals surface area contributed by atoms with Crippen molar-refractivity contribution < 1.29 is 27.1 Å². The fourth-order valence-electron chi connectivity index (χ4n) is 1.38. The van der Waals surface area contributed by atoms with E-state index >= 15 is 0 Å². The lowest BCUT2D eigenvalue weighted by molar-refractivity contribution is -0.161. The smallest absolute Gasteiger partial charge is 0.330 e. The van der Waals surface area contributed by atoms with E-state index in [1.807, 2.05) is 0 Å². The first kappa shape index (κ1) is 13.5. The summed E-state index contributed by atoms with van der Waals surface area (Å²) in [5, 5.41) is 0. The lowest BCUT2D eigenvalue weighted by Gasteiger charge is -2.36. The standard InChI is InChI=1S/C9H9BrF4O2/c1-2-3(15)16-9-7(13)5(11)4(10)6(12)8(9)14/h2,4-9H,1H2. The number of ether oxygens (including phenoxy) is 1. The summed E-state index contributed by atoms with van der Waals surface area (Å²) in [6.07, 6.45) is -10.8. The average Bonchev–Trinajstić information content (AvgIpc) is 2.29. The molecule has 0 amide bonds. The van der Waals surface area contributed by atoms with Crippen LogP contribution in [0.1, 0.15) is 0 Å². The van der Waals surface area contributed by atoms with Gasteiger partial charge < -0.3 is 4.74 Å². The van der Waals surface area contributed by atoms with E-state index in [-0.39, 0.29) is 0 Å². The minimum atomic E-state index is -2.41. The second-order valence-electron chi connectivity index (χ2n) is 3.33. The number of rotatable bonds is 2. The maximum Gasteiger partial charge on any atom is 0.330 e. The summed E-state index contributed by atoms with van der Waals surface area (Å²) in [4.78, 5) is 9.15. The number of carbonyl (C=O) groups excluding carboxylic acids is 1. The van der Waals surface area contributed by atoms with Gasteiger partial charge in [0.15, 0.2) is 30.8 Å². The first-order valence-electron chi connectivity index (χ1n) is 4.43. The molecule has 4 atom stereocenters. The quantitative estimate of drug-likeness (QED) is 0.338. The zero-order valence-corrected chi connectivity index (χ0v) is 9.54. The number of esters is 1. The van der Waals surface area contributed by atoms with Crippen molar-refractivity contribution in [2.45, 2.75) is 35.6 Å². The molecular weight excluding hydrogens is 296 g/mol. The molecule has 0 radical (unpaired) electrons. The maximum atomic E-state index is 13.3. The molecule has 0 saturated heterocycles. The second-order valence-corrected chi connectivity index (χ2v) is 4.39. The summed E-state index contributed by atoms with van der Waals surface area (Å²) in [5.74, 6) is -1.12. The van der Waals surface area contributed by atoms with Crippen LogP contribution < -0.4 is 0 Å². The highest BCUT2D eigenvalue weighted by Gasteiger charge is 2.53. The highest BCUT2D eigenvalue weighted by Crippen LogP contribution is 2.35. The van der Waals surface area contributed by atoms with Gasteiger partial charge in [0.25, 0.3) is 0 Å². The van der Waals surface area contributed by atoms with Crippen LogP contribution in [0.4, 0.5) is 17.6 Å². The molecule has 1 fully saturated rings. The van der Waals surface area contributed by atoms with Crippen LogP contribution in [0.5, 0.6) is 0 Å². The molecule has 1 aliphatic rings. The molecule has 1 saturated carbocycles. The molecule has 1 rings (SSSR count). The Morgan fingerprint density at radius 2 is 1.56 bits per heavy atom. The highest BCUT2D eigenvalue weighted by atomic mass is 79.9. The van der Waals surface area contributed by atoms with E-state index in [2.05, 4.69) is 27.2 Å². The van der Waals surface area contributed by atoms with Gasteiger partial charge in [0.2, 0.25) is 0 Å². The van der Waals surface area contributed by atoms with Gasteiger partial charge in [-0.3, -0.25) is 0 Å². The SMILES string of the molecule is C=CC(=O)OC1C(F)C(F)C(Br)C(F)C1F. The van der Waals surface area contributed by atoms with Crippen LogP contribution in [0, 0.1) is 0 Å². The molecule has 16 heavy (non-hydrogen) atoms. The van der Waals surface area contributed by atoms with Crippen molar-refractivity contribution in [2.24, 2.45) is 0 Å². The summed E-state index contributed by atoms with van der Waals surface area (Å²) in [5.41, 5.74) is 0. The molecule has 1 aliphatic carbocycles. The second kappa shape index (κ2) is 5.16. The van der Waals surface area contributed by atoms with Crippen molar-refractivity contribution in [3.63, 3.8) is 0 Å². The van der Waals surface area contributed by atoms with Crippen LogP contribution in [0.3, 0.4) is 0 Å². The van der Waals surface area contributed by atoms with Gasteiger partial charge in [-0.15, -0.1) is 0 Å². The molecule has 92 valence electrons. The maximum absolute atomic E-state index is 13.3. The molecular formula is C9H9BrF4O2. The zero-order chi connectivity index (χ0) is 12.5. The largest absolute Gasteiger partial charge is 0.453 e. The third kappa shape index (κ3) is 2.39. The average molecular weight is 305 g/mol. The van der Waals surface area contributed by atoms with Crippen molar-refractivity contribution in [1.82, 2.24) is 0 Å². The molecule has 0 aromatic rings. The van der Waals surface area contributed by atoms with Crippen LogP contribution in [0.15, 0.2) is 12.7 Å². The van der Waals surface area contributed by atoms with E-state index in [9.17, 15) is 22.4 Å². The lowest BCUT2D eigenvalue weighted by Crippen LogP contribution is -2.57. The summed E-state index contributed by atoms with van der Waals surface area (Å²) in [7, 11) is 0. The summed E-state index contributed by atoms with van der Waals surface area (Å²) >= 11 is 2.52. The van der Waals surface area contributed by atoms with E-state index in [0.717, 1.165) is 0 Å². The Morgan fingerprint density at radius 1 is 1.12 bits per heavy atom. The predicted octanol–water partition coefficient (Wildman–Crippen LogP) is 2.21. The topological polar surface area (TPSA) is 26.3 Å². The van der Waals surface area contributed by atoms with Crippen molar-refractivity contribution in [3.8, 4) is 0 Å². The van der Waals surface area contributed by atoms with Crippen molar-refractivity contribution in [1.29, 1.82) is 0 Å². The number of hydrogen-bond donors (Lipinski definition) is 0. The number of alkyl halides is 5. The summed E-state index contributed by atoms with van der Waals surface area (Å²) in [6.45, 7) is 3.01. The van der Waals surface area contributed by atoms with E-state index in [4.69, 9.17) is 0 Å². The van der Waals surface area contributed by atoms with Gasteiger partial charge in [-0.25, -0.2) is 22.4 Å². The number of halogens is 5. The molecule has 2 nitrogen and oxygen atoms in total. The normalized spacial score (nSPS) is 43.8. The van der Waals surface area contributed by atoms with Crippen molar-refractivity contribution >= 4 is 21.9 Å². The van der Waals surface area contributed by atoms with Gasteiger partial charge in [0.1, 0.15) is 0 Å². The molecule has 7 heteroatoms. The molecule has 0 aromatic carbocycles. The van der Waals surface area contributed by atoms with E-state index < -0.39 is 41.6 Å². The minimum Gasteiger partial charge on any atom is -0.453 e. The molecule has 0 aliphatic heterocycles. The third-order valence-corrected chi connectivity index (χ3v) is 3.27. The first-order chi connectivity index (χ1) is 7.40. The predicted molar refractivity (Wildman–Crippen MR) is 52.4 cm³/mol. The molecule has 4 unspecified atom stereocenters. The number of hydrogen-bond acceptors (Lipinski definition) is 2. The van der Waals surface area contributed by atoms with Crippen molar-refractivity contribution in [3.05, 3.63) is 12.7 Å². The monoisotopic (exact) mass is 304 g/mol. The Hall–Kier alpha value is -0.590. The van der Waals surface area contributed by atoms with Crippen LogP contribution in [-0.4, -0.2) is 41.6 Å². The fraction of sp³-hybridized carbons (Fsp3) is 0.667.